The van der Waals surface area contributed by atoms with E-state index in [-0.39, 0.29) is 18.5 Å². The summed E-state index contributed by atoms with van der Waals surface area (Å²) in [4.78, 5) is 24.1. The molecule has 5 aromatic rings. The first-order valence-corrected chi connectivity index (χ1v) is 11.4. The van der Waals surface area contributed by atoms with Crippen LogP contribution < -0.4 is 0 Å². The molecule has 10 nitrogen and oxygen atoms in total. The Morgan fingerprint density at radius 3 is 2.56 bits per heavy atom. The standard InChI is InChI=1S/C24H17BrFN5O5/c25-14-8-17(26)21-20(9-14)31(30-29-21)15-6-7-16-18(10-15)27-28-19(16)12-36-24(22(32)33,23(34)35)11-13-4-2-1-3-5-13/h1-10H,11-12H2,(H,27,28)(H,32,33)(H,34,35). The van der Waals surface area contributed by atoms with E-state index >= 15 is 0 Å². The van der Waals surface area contributed by atoms with E-state index in [9.17, 15) is 24.2 Å². The Bertz CT molecular complexity index is 1600. The summed E-state index contributed by atoms with van der Waals surface area (Å²) in [5.74, 6) is -3.74. The van der Waals surface area contributed by atoms with Crippen LogP contribution >= 0.6 is 15.9 Å². The number of carboxylic acid groups (broad SMARTS) is 2. The van der Waals surface area contributed by atoms with Gasteiger partial charge in [0.15, 0.2) is 5.82 Å². The molecule has 3 aromatic carbocycles. The molecule has 0 saturated carbocycles. The first-order chi connectivity index (χ1) is 17.3. The molecular weight excluding hydrogens is 537 g/mol. The predicted octanol–water partition coefficient (Wildman–Crippen LogP) is 3.87. The number of ether oxygens (including phenoxy) is 1. The Labute approximate surface area is 210 Å². The fourth-order valence-electron chi connectivity index (χ4n) is 3.94. The van der Waals surface area contributed by atoms with Gasteiger partial charge >= 0.3 is 11.9 Å². The van der Waals surface area contributed by atoms with Crippen molar-refractivity contribution in [1.29, 1.82) is 0 Å². The third-order valence-corrected chi connectivity index (χ3v) is 6.24. The highest BCUT2D eigenvalue weighted by atomic mass is 79.9. The fourth-order valence-corrected chi connectivity index (χ4v) is 4.36. The molecule has 0 fully saturated rings. The largest absolute Gasteiger partial charge is 0.479 e. The van der Waals surface area contributed by atoms with Gasteiger partial charge in [0.1, 0.15) is 5.52 Å². The van der Waals surface area contributed by atoms with Gasteiger partial charge in [0.2, 0.25) is 0 Å². The molecule has 36 heavy (non-hydrogen) atoms. The van der Waals surface area contributed by atoms with E-state index in [0.717, 1.165) is 0 Å². The Morgan fingerprint density at radius 1 is 1.08 bits per heavy atom. The molecule has 182 valence electrons. The summed E-state index contributed by atoms with van der Waals surface area (Å²) >= 11 is 3.27. The third kappa shape index (κ3) is 4.10. The number of nitrogens with zero attached hydrogens (tertiary/aromatic N) is 4. The molecule has 0 radical (unpaired) electrons. The van der Waals surface area contributed by atoms with E-state index < -0.39 is 23.4 Å². The van der Waals surface area contributed by atoms with E-state index in [1.807, 2.05) is 0 Å². The van der Waals surface area contributed by atoms with Crippen molar-refractivity contribution in [3.8, 4) is 5.69 Å². The lowest BCUT2D eigenvalue weighted by Gasteiger charge is -2.25. The number of fused-ring (bicyclic) bond motifs is 2. The van der Waals surface area contributed by atoms with E-state index in [1.54, 1.807) is 54.6 Å². The zero-order chi connectivity index (χ0) is 25.4. The summed E-state index contributed by atoms with van der Waals surface area (Å²) in [5, 5.41) is 35.1. The van der Waals surface area contributed by atoms with Gasteiger partial charge in [0.05, 0.1) is 29.0 Å². The Balaban J connectivity index is 1.45. The lowest BCUT2D eigenvalue weighted by atomic mass is 9.94. The van der Waals surface area contributed by atoms with Crippen LogP contribution in [-0.2, 0) is 27.4 Å². The SMILES string of the molecule is O=C(O)C(Cc1ccccc1)(OCc1n[nH]c2cc(-n3nnc4c(F)cc(Br)cc43)ccc12)C(=O)O. The molecule has 0 saturated heterocycles. The minimum atomic E-state index is -2.50. The Kier molecular flexibility index (Phi) is 5.98. The van der Waals surface area contributed by atoms with Gasteiger partial charge in [-0.25, -0.2) is 18.7 Å². The molecule has 0 unspecified atom stereocenters. The van der Waals surface area contributed by atoms with E-state index in [2.05, 4.69) is 36.4 Å². The van der Waals surface area contributed by atoms with Crippen LogP contribution in [0, 0.1) is 5.82 Å². The maximum atomic E-state index is 14.2. The molecule has 0 aliphatic rings. The number of rotatable bonds is 8. The number of aromatic nitrogens is 5. The maximum Gasteiger partial charge on any atom is 0.348 e. The van der Waals surface area contributed by atoms with Crippen molar-refractivity contribution in [1.82, 2.24) is 25.2 Å². The number of hydrogen-bond donors (Lipinski definition) is 3. The average Bonchev–Trinajstić information content (AvgIpc) is 3.46. The molecule has 2 heterocycles. The summed E-state index contributed by atoms with van der Waals surface area (Å²) in [6, 6.07) is 16.5. The molecule has 3 N–H and O–H groups in total. The lowest BCUT2D eigenvalue weighted by molar-refractivity contribution is -0.185. The van der Waals surface area contributed by atoms with Crippen molar-refractivity contribution in [2.45, 2.75) is 18.6 Å². The van der Waals surface area contributed by atoms with Crippen molar-refractivity contribution in [3.05, 3.63) is 82.2 Å². The second-order valence-electron chi connectivity index (χ2n) is 8.05. The average molecular weight is 554 g/mol. The van der Waals surface area contributed by atoms with Crippen LogP contribution in [0.4, 0.5) is 4.39 Å². The van der Waals surface area contributed by atoms with Gasteiger partial charge in [0.25, 0.3) is 5.60 Å². The number of aromatic amines is 1. The summed E-state index contributed by atoms with van der Waals surface area (Å²) in [7, 11) is 0. The fraction of sp³-hybridized carbons (Fsp3) is 0.125. The molecule has 12 heteroatoms. The molecule has 0 aliphatic heterocycles. The van der Waals surface area contributed by atoms with Gasteiger partial charge in [0, 0.05) is 16.3 Å². The maximum absolute atomic E-state index is 14.2. The van der Waals surface area contributed by atoms with Gasteiger partial charge < -0.3 is 14.9 Å². The summed E-state index contributed by atoms with van der Waals surface area (Å²) in [6.45, 7) is -0.366. The number of carbonyl (C=O) groups is 2. The topological polar surface area (TPSA) is 143 Å². The van der Waals surface area contributed by atoms with Crippen molar-refractivity contribution < 1.29 is 28.9 Å². The molecule has 5 rings (SSSR count). The summed E-state index contributed by atoms with van der Waals surface area (Å²) in [5.41, 5.74) is 0.0456. The van der Waals surface area contributed by atoms with Gasteiger partial charge in [-0.2, -0.15) is 5.10 Å². The van der Waals surface area contributed by atoms with Crippen LogP contribution in [0.25, 0.3) is 27.6 Å². The second kappa shape index (κ2) is 9.13. The highest BCUT2D eigenvalue weighted by molar-refractivity contribution is 9.10. The Hall–Kier alpha value is -4.16. The summed E-state index contributed by atoms with van der Waals surface area (Å²) in [6.07, 6.45) is -0.365. The smallest absolute Gasteiger partial charge is 0.348 e. The second-order valence-corrected chi connectivity index (χ2v) is 8.96. The quantitative estimate of drug-likeness (QED) is 0.246. The van der Waals surface area contributed by atoms with Crippen LogP contribution in [0.5, 0.6) is 0 Å². The van der Waals surface area contributed by atoms with Gasteiger partial charge in [-0.1, -0.05) is 51.5 Å². The highest BCUT2D eigenvalue weighted by Gasteiger charge is 2.48. The zero-order valence-corrected chi connectivity index (χ0v) is 19.9. The van der Waals surface area contributed by atoms with Crippen LogP contribution in [0.2, 0.25) is 0 Å². The molecule has 0 bridgehead atoms. The first kappa shape index (κ1) is 23.6. The summed E-state index contributed by atoms with van der Waals surface area (Å²) < 4.78 is 21.8. The normalized spacial score (nSPS) is 11.8. The number of halogens is 2. The Morgan fingerprint density at radius 2 is 1.83 bits per heavy atom. The minimum absolute atomic E-state index is 0.120. The number of benzene rings is 3. The molecule has 0 amide bonds. The molecular formula is C24H17BrFN5O5. The number of aliphatic carboxylic acids is 2. The van der Waals surface area contributed by atoms with Crippen molar-refractivity contribution in [2.75, 3.05) is 0 Å². The number of H-pyrrole nitrogens is 1. The third-order valence-electron chi connectivity index (χ3n) is 5.78. The van der Waals surface area contributed by atoms with E-state index in [0.29, 0.717) is 37.8 Å². The predicted molar refractivity (Wildman–Crippen MR) is 129 cm³/mol. The van der Waals surface area contributed by atoms with Crippen LogP contribution in [0.3, 0.4) is 0 Å². The zero-order valence-electron chi connectivity index (χ0n) is 18.4. The van der Waals surface area contributed by atoms with Crippen molar-refractivity contribution >= 4 is 49.8 Å². The number of carboxylic acids is 2. The molecule has 0 atom stereocenters. The minimum Gasteiger partial charge on any atom is -0.479 e. The highest BCUT2D eigenvalue weighted by Crippen LogP contribution is 2.27. The van der Waals surface area contributed by atoms with Crippen LogP contribution in [0.15, 0.2) is 65.1 Å². The van der Waals surface area contributed by atoms with Crippen molar-refractivity contribution in [3.63, 3.8) is 0 Å². The van der Waals surface area contributed by atoms with Gasteiger partial charge in [-0.15, -0.1) is 5.10 Å². The molecule has 0 aliphatic carbocycles. The van der Waals surface area contributed by atoms with Crippen LogP contribution in [-0.4, -0.2) is 52.9 Å². The van der Waals surface area contributed by atoms with Crippen molar-refractivity contribution in [2.24, 2.45) is 0 Å². The monoisotopic (exact) mass is 553 g/mol. The van der Waals surface area contributed by atoms with E-state index in [1.165, 1.54) is 10.7 Å². The van der Waals surface area contributed by atoms with Crippen LogP contribution in [0.1, 0.15) is 11.3 Å². The number of hydrogen-bond acceptors (Lipinski definition) is 6. The van der Waals surface area contributed by atoms with E-state index in [4.69, 9.17) is 4.74 Å². The van der Waals surface area contributed by atoms with Gasteiger partial charge in [-0.3, -0.25) is 5.10 Å². The lowest BCUT2D eigenvalue weighted by Crippen LogP contribution is -2.51. The molecule has 0 spiro atoms. The van der Waals surface area contributed by atoms with Gasteiger partial charge in [-0.05, 0) is 35.9 Å². The number of nitrogens with one attached hydrogen (secondary N) is 1. The first-order valence-electron chi connectivity index (χ1n) is 10.6. The molecule has 2 aromatic heterocycles.